The van der Waals surface area contributed by atoms with E-state index in [1.165, 1.54) is 12.3 Å². The normalized spacial score (nSPS) is 15.6. The molecule has 0 bridgehead atoms. The molecule has 2 heterocycles. The van der Waals surface area contributed by atoms with Crippen molar-refractivity contribution in [3.8, 4) is 11.4 Å². The molecule has 0 atom stereocenters. The molecule has 0 N–H and O–H groups in total. The van der Waals surface area contributed by atoms with Gasteiger partial charge in [-0.05, 0) is 18.6 Å². The predicted octanol–water partition coefficient (Wildman–Crippen LogP) is 1.31. The number of benzene rings is 1. The number of rotatable bonds is 7. The van der Waals surface area contributed by atoms with E-state index in [0.717, 1.165) is 0 Å². The summed E-state index contributed by atoms with van der Waals surface area (Å²) in [5.74, 6) is 0.422. The lowest BCUT2D eigenvalue weighted by molar-refractivity contribution is -0.132. The van der Waals surface area contributed by atoms with Gasteiger partial charge >= 0.3 is 0 Å². The summed E-state index contributed by atoms with van der Waals surface area (Å²) in [4.78, 5) is 20.5. The molecule has 0 radical (unpaired) electrons. The molecule has 1 aliphatic rings. The van der Waals surface area contributed by atoms with E-state index < -0.39 is 9.84 Å². The van der Waals surface area contributed by atoms with Crippen LogP contribution in [0.25, 0.3) is 11.4 Å². The average molecular weight is 424 g/mol. The minimum Gasteiger partial charge on any atom is -0.340 e. The molecule has 1 saturated heterocycles. The first-order valence-electron chi connectivity index (χ1n) is 9.48. The first-order valence-corrected chi connectivity index (χ1v) is 11.5. The van der Waals surface area contributed by atoms with Crippen LogP contribution in [-0.4, -0.2) is 79.0 Å². The SMILES string of the molecule is Cc1ccc(-c2noc(CCC(=O)N3CCN(CCS(C)(=O)=O)CC3)n2)cc1F. The fourth-order valence-electron chi connectivity index (χ4n) is 3.09. The van der Waals surface area contributed by atoms with Crippen LogP contribution in [0.3, 0.4) is 0 Å². The third-order valence-electron chi connectivity index (χ3n) is 4.95. The molecule has 0 aliphatic carbocycles. The van der Waals surface area contributed by atoms with E-state index in [0.29, 0.717) is 62.0 Å². The second kappa shape index (κ2) is 9.00. The average Bonchev–Trinajstić information content (AvgIpc) is 3.15. The number of aromatic nitrogens is 2. The fraction of sp³-hybridized carbons (Fsp3) is 0.526. The van der Waals surface area contributed by atoms with Crippen LogP contribution < -0.4 is 0 Å². The van der Waals surface area contributed by atoms with Crippen molar-refractivity contribution in [1.29, 1.82) is 0 Å². The molecule has 158 valence electrons. The first-order chi connectivity index (χ1) is 13.7. The molecule has 3 rings (SSSR count). The number of aryl methyl sites for hydroxylation is 2. The van der Waals surface area contributed by atoms with E-state index in [9.17, 15) is 17.6 Å². The van der Waals surface area contributed by atoms with Crippen molar-refractivity contribution in [2.75, 3.05) is 44.7 Å². The third kappa shape index (κ3) is 6.07. The summed E-state index contributed by atoms with van der Waals surface area (Å²) >= 11 is 0. The lowest BCUT2D eigenvalue weighted by Crippen LogP contribution is -2.49. The minimum absolute atomic E-state index is 0.00565. The van der Waals surface area contributed by atoms with E-state index in [2.05, 4.69) is 15.0 Å². The number of carbonyl (C=O) groups excluding carboxylic acids is 1. The summed E-state index contributed by atoms with van der Waals surface area (Å²) in [7, 11) is -2.98. The summed E-state index contributed by atoms with van der Waals surface area (Å²) in [6.45, 7) is 4.62. The monoisotopic (exact) mass is 424 g/mol. The molecule has 0 unspecified atom stereocenters. The van der Waals surface area contributed by atoms with Crippen LogP contribution in [-0.2, 0) is 21.1 Å². The highest BCUT2D eigenvalue weighted by atomic mass is 32.2. The Morgan fingerprint density at radius 1 is 1.24 bits per heavy atom. The van der Waals surface area contributed by atoms with Gasteiger partial charge < -0.3 is 9.42 Å². The van der Waals surface area contributed by atoms with E-state index in [1.807, 2.05) is 0 Å². The first kappa shape index (κ1) is 21.4. The Hall–Kier alpha value is -2.33. The van der Waals surface area contributed by atoms with Crippen molar-refractivity contribution >= 4 is 15.7 Å². The molecular weight excluding hydrogens is 399 g/mol. The van der Waals surface area contributed by atoms with Crippen LogP contribution in [0.15, 0.2) is 22.7 Å². The van der Waals surface area contributed by atoms with Gasteiger partial charge in [0.1, 0.15) is 15.7 Å². The van der Waals surface area contributed by atoms with Crippen molar-refractivity contribution < 1.29 is 22.1 Å². The van der Waals surface area contributed by atoms with Crippen molar-refractivity contribution in [3.63, 3.8) is 0 Å². The maximum absolute atomic E-state index is 13.7. The van der Waals surface area contributed by atoms with Gasteiger partial charge in [-0.3, -0.25) is 9.69 Å². The van der Waals surface area contributed by atoms with Crippen molar-refractivity contribution in [1.82, 2.24) is 19.9 Å². The highest BCUT2D eigenvalue weighted by Crippen LogP contribution is 2.19. The Morgan fingerprint density at radius 2 is 1.97 bits per heavy atom. The second-order valence-corrected chi connectivity index (χ2v) is 9.59. The van der Waals surface area contributed by atoms with Crippen LogP contribution in [0.2, 0.25) is 0 Å². The highest BCUT2D eigenvalue weighted by molar-refractivity contribution is 7.90. The lowest BCUT2D eigenvalue weighted by atomic mass is 10.1. The quantitative estimate of drug-likeness (QED) is 0.661. The number of carbonyl (C=O) groups is 1. The molecule has 0 spiro atoms. The molecule has 2 aromatic rings. The standard InChI is InChI=1S/C19H25FN4O4S/c1-14-3-4-15(13-16(14)20)19-21-17(28-22-19)5-6-18(25)24-9-7-23(8-10-24)11-12-29(2,26)27/h3-4,13H,5-12H2,1-2H3. The summed E-state index contributed by atoms with van der Waals surface area (Å²) in [6, 6.07) is 4.74. The number of piperazine rings is 1. The molecule has 1 fully saturated rings. The number of sulfone groups is 1. The highest BCUT2D eigenvalue weighted by Gasteiger charge is 2.22. The number of halogens is 1. The van der Waals surface area contributed by atoms with Crippen LogP contribution in [0.5, 0.6) is 0 Å². The Morgan fingerprint density at radius 3 is 2.62 bits per heavy atom. The Balaban J connectivity index is 1.47. The van der Waals surface area contributed by atoms with E-state index >= 15 is 0 Å². The molecule has 8 nitrogen and oxygen atoms in total. The second-order valence-electron chi connectivity index (χ2n) is 7.33. The lowest BCUT2D eigenvalue weighted by Gasteiger charge is -2.34. The maximum atomic E-state index is 13.7. The Bertz CT molecular complexity index is 968. The summed E-state index contributed by atoms with van der Waals surface area (Å²) in [5, 5.41) is 3.86. The predicted molar refractivity (Wildman–Crippen MR) is 105 cm³/mol. The van der Waals surface area contributed by atoms with Crippen molar-refractivity contribution in [2.24, 2.45) is 0 Å². The molecule has 1 aromatic carbocycles. The van der Waals surface area contributed by atoms with Gasteiger partial charge in [0.15, 0.2) is 0 Å². The van der Waals surface area contributed by atoms with Gasteiger partial charge in [0.2, 0.25) is 17.6 Å². The largest absolute Gasteiger partial charge is 0.340 e. The molecule has 10 heteroatoms. The third-order valence-corrected chi connectivity index (χ3v) is 5.88. The van der Waals surface area contributed by atoms with Gasteiger partial charge in [-0.15, -0.1) is 0 Å². The topological polar surface area (TPSA) is 96.6 Å². The number of amides is 1. The fourth-order valence-corrected chi connectivity index (χ4v) is 3.68. The van der Waals surface area contributed by atoms with Gasteiger partial charge in [-0.25, -0.2) is 12.8 Å². The van der Waals surface area contributed by atoms with Crippen molar-refractivity contribution in [3.05, 3.63) is 35.5 Å². The van der Waals surface area contributed by atoms with Gasteiger partial charge in [-0.2, -0.15) is 4.98 Å². The number of hydrogen-bond donors (Lipinski definition) is 0. The van der Waals surface area contributed by atoms with Gasteiger partial charge in [-0.1, -0.05) is 17.3 Å². The summed E-state index contributed by atoms with van der Waals surface area (Å²) in [5.41, 5.74) is 1.07. The van der Waals surface area contributed by atoms with E-state index in [4.69, 9.17) is 4.52 Å². The molecule has 29 heavy (non-hydrogen) atoms. The van der Waals surface area contributed by atoms with Gasteiger partial charge in [0, 0.05) is 57.4 Å². The number of nitrogens with zero attached hydrogens (tertiary/aromatic N) is 4. The van der Waals surface area contributed by atoms with Gasteiger partial charge in [0.25, 0.3) is 0 Å². The van der Waals surface area contributed by atoms with Crippen LogP contribution in [0, 0.1) is 12.7 Å². The molecule has 1 aromatic heterocycles. The van der Waals surface area contributed by atoms with E-state index in [1.54, 1.807) is 24.0 Å². The Labute approximate surface area is 169 Å². The number of hydrogen-bond acceptors (Lipinski definition) is 7. The summed E-state index contributed by atoms with van der Waals surface area (Å²) < 4.78 is 41.4. The zero-order valence-electron chi connectivity index (χ0n) is 16.6. The van der Waals surface area contributed by atoms with Crippen LogP contribution in [0.4, 0.5) is 4.39 Å². The minimum atomic E-state index is -2.98. The van der Waals surface area contributed by atoms with Gasteiger partial charge in [0.05, 0.1) is 5.75 Å². The van der Waals surface area contributed by atoms with E-state index in [-0.39, 0.29) is 23.9 Å². The van der Waals surface area contributed by atoms with Crippen LogP contribution in [0.1, 0.15) is 17.9 Å². The smallest absolute Gasteiger partial charge is 0.227 e. The molecule has 0 saturated carbocycles. The molecule has 1 amide bonds. The van der Waals surface area contributed by atoms with Crippen LogP contribution >= 0.6 is 0 Å². The summed E-state index contributed by atoms with van der Waals surface area (Å²) in [6.07, 6.45) is 1.78. The Kier molecular flexibility index (Phi) is 6.63. The maximum Gasteiger partial charge on any atom is 0.227 e. The zero-order chi connectivity index (χ0) is 21.0. The molecule has 1 aliphatic heterocycles. The molecular formula is C19H25FN4O4S. The zero-order valence-corrected chi connectivity index (χ0v) is 17.4. The van der Waals surface area contributed by atoms with Crippen molar-refractivity contribution in [2.45, 2.75) is 19.8 Å².